The Labute approximate surface area is 226 Å². The van der Waals surface area contributed by atoms with E-state index in [1.165, 1.54) is 7.11 Å². The Kier molecular flexibility index (Phi) is 24.5. The Morgan fingerprint density at radius 1 is 0.658 bits per heavy atom. The predicted molar refractivity (Wildman–Crippen MR) is 137 cm³/mol. The Morgan fingerprint density at radius 2 is 1.05 bits per heavy atom. The lowest BCUT2D eigenvalue weighted by Crippen LogP contribution is -2.15. The highest BCUT2D eigenvalue weighted by Crippen LogP contribution is 1.93. The molecule has 0 aromatic carbocycles. The molecule has 0 bridgehead atoms. The summed E-state index contributed by atoms with van der Waals surface area (Å²) in [6.45, 7) is 11.0. The average molecular weight is 550 g/mol. The van der Waals surface area contributed by atoms with Crippen LogP contribution in [0.15, 0.2) is 6.20 Å². The smallest absolute Gasteiger partial charge is 0.158 e. The van der Waals surface area contributed by atoms with Crippen LogP contribution in [0.1, 0.15) is 18.5 Å². The van der Waals surface area contributed by atoms with E-state index < -0.39 is 0 Å². The molecule has 0 aliphatic carbocycles. The summed E-state index contributed by atoms with van der Waals surface area (Å²) in [5, 5.41) is 7.88. The molecule has 0 saturated carbocycles. The molecule has 1 heterocycles. The fourth-order valence-corrected chi connectivity index (χ4v) is 2.91. The van der Waals surface area contributed by atoms with Crippen LogP contribution in [-0.4, -0.2) is 140 Å². The van der Waals surface area contributed by atoms with Crippen molar-refractivity contribution in [1.82, 2.24) is 15.0 Å². The molecular formula is C25H47N3O10. The summed E-state index contributed by atoms with van der Waals surface area (Å²) >= 11 is 0. The number of hydrogen-bond donors (Lipinski definition) is 0. The molecule has 0 amide bonds. The molecule has 0 unspecified atom stereocenters. The molecule has 0 aliphatic rings. The molecule has 0 aliphatic heterocycles. The topological polar surface area (TPSA) is 131 Å². The van der Waals surface area contributed by atoms with E-state index in [0.717, 1.165) is 5.69 Å². The molecule has 0 N–H and O–H groups in total. The van der Waals surface area contributed by atoms with Crippen molar-refractivity contribution in [2.75, 3.05) is 119 Å². The zero-order valence-electron chi connectivity index (χ0n) is 23.1. The lowest BCUT2D eigenvalue weighted by molar-refractivity contribution is -0.123. The fourth-order valence-electron chi connectivity index (χ4n) is 2.91. The van der Waals surface area contributed by atoms with E-state index in [0.29, 0.717) is 125 Å². The van der Waals surface area contributed by atoms with Crippen LogP contribution in [0.2, 0.25) is 0 Å². The predicted octanol–water partition coefficient (Wildman–Crippen LogP) is 0.715. The molecule has 222 valence electrons. The Morgan fingerprint density at radius 3 is 1.42 bits per heavy atom. The average Bonchev–Trinajstić information content (AvgIpc) is 3.33. The van der Waals surface area contributed by atoms with Crippen LogP contribution in [0.25, 0.3) is 0 Å². The Balaban J connectivity index is 1.64. The number of aryl methyl sites for hydroxylation is 1. The number of nitrogens with zero attached hydrogens (tertiary/aromatic N) is 3. The molecule has 38 heavy (non-hydrogen) atoms. The number of carbonyl (C=O) groups excluding carboxylic acids is 1. The first-order valence-electron chi connectivity index (χ1n) is 13.2. The van der Waals surface area contributed by atoms with Crippen molar-refractivity contribution in [2.24, 2.45) is 0 Å². The molecular weight excluding hydrogens is 502 g/mol. The quantitative estimate of drug-likeness (QED) is 0.125. The number of Topliss-reactive ketones (excluding diaryl/α,β-unsaturated/α-hetero) is 1. The van der Waals surface area contributed by atoms with Gasteiger partial charge in [0.2, 0.25) is 0 Å². The lowest BCUT2D eigenvalue weighted by Gasteiger charge is -2.08. The number of hydrogen-bond acceptors (Lipinski definition) is 12. The van der Waals surface area contributed by atoms with Gasteiger partial charge in [0.15, 0.2) is 5.78 Å². The summed E-state index contributed by atoms with van der Waals surface area (Å²) in [4.78, 5) is 11.3. The first-order chi connectivity index (χ1) is 18.7. The van der Waals surface area contributed by atoms with Gasteiger partial charge in [-0.05, 0) is 13.3 Å². The number of ether oxygens (including phenoxy) is 9. The highest BCUT2D eigenvalue weighted by atomic mass is 16.6. The monoisotopic (exact) mass is 549 g/mol. The normalized spacial score (nSPS) is 11.4. The van der Waals surface area contributed by atoms with E-state index in [2.05, 4.69) is 10.3 Å². The van der Waals surface area contributed by atoms with Gasteiger partial charge >= 0.3 is 0 Å². The summed E-state index contributed by atoms with van der Waals surface area (Å²) in [6, 6.07) is 0. The van der Waals surface area contributed by atoms with Gasteiger partial charge in [-0.1, -0.05) is 5.21 Å². The molecule has 0 radical (unpaired) electrons. The van der Waals surface area contributed by atoms with Gasteiger partial charge in [-0.3, -0.25) is 4.79 Å². The molecule has 13 nitrogen and oxygen atoms in total. The third-order valence-corrected chi connectivity index (χ3v) is 4.77. The van der Waals surface area contributed by atoms with E-state index in [4.69, 9.17) is 42.6 Å². The van der Waals surface area contributed by atoms with Crippen molar-refractivity contribution in [3.63, 3.8) is 0 Å². The van der Waals surface area contributed by atoms with Crippen molar-refractivity contribution in [1.29, 1.82) is 0 Å². The summed E-state index contributed by atoms with van der Waals surface area (Å²) < 4.78 is 50.1. The number of methoxy groups -OCH3 is 1. The first-order valence-corrected chi connectivity index (χ1v) is 13.2. The minimum Gasteiger partial charge on any atom is -0.379 e. The van der Waals surface area contributed by atoms with Gasteiger partial charge in [0, 0.05) is 26.3 Å². The highest BCUT2D eigenvalue weighted by Gasteiger charge is 2.00. The van der Waals surface area contributed by atoms with Gasteiger partial charge < -0.3 is 42.6 Å². The van der Waals surface area contributed by atoms with Gasteiger partial charge in [0.25, 0.3) is 0 Å². The number of rotatable bonds is 30. The van der Waals surface area contributed by atoms with Gasteiger partial charge in [-0.2, -0.15) is 0 Å². The molecule has 0 saturated heterocycles. The lowest BCUT2D eigenvalue weighted by atomic mass is 10.2. The second kappa shape index (κ2) is 27.0. The summed E-state index contributed by atoms with van der Waals surface area (Å²) in [7, 11) is 1.52. The molecule has 1 aromatic rings. The molecule has 0 fully saturated rings. The largest absolute Gasteiger partial charge is 0.379 e. The Hall–Kier alpha value is -1.55. The van der Waals surface area contributed by atoms with Crippen molar-refractivity contribution < 1.29 is 47.4 Å². The highest BCUT2D eigenvalue weighted by molar-refractivity contribution is 5.79. The van der Waals surface area contributed by atoms with Gasteiger partial charge in [-0.25, -0.2) is 4.68 Å². The standard InChI is InChI=1S/C25H47N3O10/c1-24-22-28(27-26-24)5-7-32-9-11-34-13-15-36-17-19-38-21-20-37-18-16-35-14-12-33-10-8-31-6-3-4-25(29)23-30-2/h22H,3-21,23H2,1-2H3. The number of carbonyl (C=O) groups is 1. The molecule has 0 atom stereocenters. The van der Waals surface area contributed by atoms with Crippen LogP contribution in [0.3, 0.4) is 0 Å². The summed E-state index contributed by atoms with van der Waals surface area (Å²) in [6.07, 6.45) is 3.06. The fraction of sp³-hybridized carbons (Fsp3) is 0.880. The second-order valence-electron chi connectivity index (χ2n) is 8.10. The maximum absolute atomic E-state index is 11.3. The van der Waals surface area contributed by atoms with E-state index in [1.54, 1.807) is 4.68 Å². The minimum absolute atomic E-state index is 0.0915. The summed E-state index contributed by atoms with van der Waals surface area (Å²) in [5.74, 6) is 0.0915. The van der Waals surface area contributed by atoms with Gasteiger partial charge in [-0.15, -0.1) is 5.10 Å². The van der Waals surface area contributed by atoms with E-state index in [1.807, 2.05) is 13.1 Å². The summed E-state index contributed by atoms with van der Waals surface area (Å²) in [5.41, 5.74) is 0.896. The second-order valence-corrected chi connectivity index (χ2v) is 8.10. The number of ketones is 1. The minimum atomic E-state index is 0.0915. The number of aromatic nitrogens is 3. The molecule has 0 spiro atoms. The SMILES string of the molecule is COCC(=O)CCCOCCOCCOCCOCCOCCOCCOCCOCCn1cc(C)nn1. The van der Waals surface area contributed by atoms with Crippen molar-refractivity contribution in [3.05, 3.63) is 11.9 Å². The van der Waals surface area contributed by atoms with Gasteiger partial charge in [0.1, 0.15) is 6.61 Å². The zero-order valence-corrected chi connectivity index (χ0v) is 23.1. The van der Waals surface area contributed by atoms with Crippen molar-refractivity contribution in [2.45, 2.75) is 26.3 Å². The van der Waals surface area contributed by atoms with Crippen molar-refractivity contribution in [3.8, 4) is 0 Å². The van der Waals surface area contributed by atoms with Crippen LogP contribution in [0.5, 0.6) is 0 Å². The third-order valence-electron chi connectivity index (χ3n) is 4.77. The molecule has 1 aromatic heterocycles. The van der Waals surface area contributed by atoms with Crippen LogP contribution in [-0.2, 0) is 54.0 Å². The van der Waals surface area contributed by atoms with Crippen LogP contribution in [0.4, 0.5) is 0 Å². The van der Waals surface area contributed by atoms with E-state index >= 15 is 0 Å². The van der Waals surface area contributed by atoms with Crippen LogP contribution >= 0.6 is 0 Å². The Bertz CT molecular complexity index is 651. The van der Waals surface area contributed by atoms with E-state index in [-0.39, 0.29) is 12.4 Å². The van der Waals surface area contributed by atoms with Crippen molar-refractivity contribution >= 4 is 5.78 Å². The zero-order chi connectivity index (χ0) is 27.4. The van der Waals surface area contributed by atoms with Crippen LogP contribution in [0, 0.1) is 6.92 Å². The van der Waals surface area contributed by atoms with Crippen LogP contribution < -0.4 is 0 Å². The maximum atomic E-state index is 11.3. The van der Waals surface area contributed by atoms with Gasteiger partial charge in [0.05, 0.1) is 111 Å². The molecule has 13 heteroatoms. The first kappa shape index (κ1) is 34.5. The van der Waals surface area contributed by atoms with E-state index in [9.17, 15) is 4.79 Å². The third kappa shape index (κ3) is 23.6. The maximum Gasteiger partial charge on any atom is 0.158 e. The molecule has 1 rings (SSSR count).